The molecule has 0 saturated carbocycles. The molecule has 0 nitrogen and oxygen atoms in total. The topological polar surface area (TPSA) is 0 Å². The molecule has 52 heavy (non-hydrogen) atoms. The van der Waals surface area contributed by atoms with Crippen molar-refractivity contribution in [1.82, 2.24) is 0 Å². The van der Waals surface area contributed by atoms with Crippen LogP contribution in [0.25, 0.3) is 97.0 Å². The normalized spacial score (nSPS) is 13.3. The lowest BCUT2D eigenvalue weighted by Crippen LogP contribution is -2.14. The Morgan fingerprint density at radius 1 is 0.365 bits per heavy atom. The van der Waals surface area contributed by atoms with Crippen LogP contribution in [0.5, 0.6) is 0 Å². The highest BCUT2D eigenvalue weighted by atomic mass is 32.1. The number of benzene rings is 9. The number of thiophene rings is 1. The van der Waals surface area contributed by atoms with Crippen molar-refractivity contribution in [3.8, 4) is 44.5 Å². The molecule has 0 fully saturated rings. The van der Waals surface area contributed by atoms with Gasteiger partial charge < -0.3 is 0 Å². The van der Waals surface area contributed by atoms with Crippen molar-refractivity contribution in [3.63, 3.8) is 0 Å². The second-order valence-electron chi connectivity index (χ2n) is 14.8. The zero-order valence-corrected chi connectivity index (χ0v) is 29.9. The molecule has 11 rings (SSSR count). The molecular weight excluding hydrogens is 645 g/mol. The van der Waals surface area contributed by atoms with E-state index >= 15 is 0 Å². The first-order chi connectivity index (χ1) is 25.6. The molecule has 0 radical (unpaired) electrons. The molecule has 0 amide bonds. The van der Waals surface area contributed by atoms with Crippen LogP contribution in [0, 0.1) is 0 Å². The molecule has 0 saturated heterocycles. The van der Waals surface area contributed by atoms with Crippen molar-refractivity contribution < 1.29 is 0 Å². The minimum Gasteiger partial charge on any atom is -0.135 e. The van der Waals surface area contributed by atoms with Gasteiger partial charge in [0.15, 0.2) is 0 Å². The zero-order valence-electron chi connectivity index (χ0n) is 29.1. The van der Waals surface area contributed by atoms with E-state index in [4.69, 9.17) is 0 Å². The Morgan fingerprint density at radius 2 is 0.923 bits per heavy atom. The summed E-state index contributed by atoms with van der Waals surface area (Å²) in [6, 6.07) is 63.6. The Balaban J connectivity index is 1.32. The summed E-state index contributed by atoms with van der Waals surface area (Å²) in [7, 11) is 0. The van der Waals surface area contributed by atoms with Crippen LogP contribution in [0.4, 0.5) is 0 Å². The van der Waals surface area contributed by atoms with Crippen molar-refractivity contribution in [2.24, 2.45) is 0 Å². The van der Waals surface area contributed by atoms with Crippen LogP contribution in [0.3, 0.4) is 0 Å². The molecule has 1 heteroatoms. The molecule has 0 aliphatic heterocycles. The van der Waals surface area contributed by atoms with E-state index in [9.17, 15) is 0 Å². The first-order valence-electron chi connectivity index (χ1n) is 18.2. The summed E-state index contributed by atoms with van der Waals surface area (Å²) in [6.45, 7) is 4.76. The first-order valence-corrected chi connectivity index (χ1v) is 19.0. The Hall–Kier alpha value is -6.02. The Labute approximate surface area is 307 Å². The smallest absolute Gasteiger partial charge is 0.0434 e. The molecule has 9 aromatic carbocycles. The summed E-state index contributed by atoms with van der Waals surface area (Å²) in [5.74, 6) is 0. The molecule has 0 unspecified atom stereocenters. The highest BCUT2D eigenvalue weighted by Crippen LogP contribution is 2.55. The van der Waals surface area contributed by atoms with Crippen LogP contribution < -0.4 is 0 Å². The summed E-state index contributed by atoms with van der Waals surface area (Å²) in [4.78, 5) is 0. The largest absolute Gasteiger partial charge is 0.135 e. The minimum atomic E-state index is -0.0849. The quantitative estimate of drug-likeness (QED) is 0.163. The predicted molar refractivity (Wildman–Crippen MR) is 226 cm³/mol. The standard InChI is InChI=1S/C51H34S/c1-51(2)44-25-9-7-20-40(44)49-41(23-13-26-45(49)51)48-37-19-6-5-18-36(37)47(42-24-12-22-39-35-17-8-10-27-46(35)52-50(39)42)38-29-28-32(30-43(38)48)34-21-11-15-31-14-3-4-16-33(31)34/h3-30H,1-2H3. The van der Waals surface area contributed by atoms with Gasteiger partial charge >= 0.3 is 0 Å². The van der Waals surface area contributed by atoms with E-state index < -0.39 is 0 Å². The van der Waals surface area contributed by atoms with Gasteiger partial charge in [-0.1, -0.05) is 172 Å². The number of hydrogen-bond acceptors (Lipinski definition) is 1. The van der Waals surface area contributed by atoms with Gasteiger partial charge in [-0.3, -0.25) is 0 Å². The summed E-state index contributed by atoms with van der Waals surface area (Å²) in [6.07, 6.45) is 0. The minimum absolute atomic E-state index is 0.0849. The molecule has 10 aromatic rings. The third-order valence-corrected chi connectivity index (χ3v) is 12.9. The maximum Gasteiger partial charge on any atom is 0.0434 e. The van der Waals surface area contributed by atoms with Gasteiger partial charge in [-0.2, -0.15) is 0 Å². The molecule has 1 aliphatic rings. The Morgan fingerprint density at radius 3 is 1.79 bits per heavy atom. The third-order valence-electron chi connectivity index (χ3n) is 11.7. The highest BCUT2D eigenvalue weighted by Gasteiger charge is 2.37. The molecule has 1 heterocycles. The number of fused-ring (bicyclic) bond motifs is 9. The molecule has 0 spiro atoms. The molecular formula is C51H34S. The van der Waals surface area contributed by atoms with E-state index in [1.54, 1.807) is 0 Å². The summed E-state index contributed by atoms with van der Waals surface area (Å²) >= 11 is 1.91. The van der Waals surface area contributed by atoms with Crippen LogP contribution in [-0.4, -0.2) is 0 Å². The van der Waals surface area contributed by atoms with E-state index in [1.807, 2.05) is 11.3 Å². The van der Waals surface area contributed by atoms with Crippen molar-refractivity contribution in [2.45, 2.75) is 19.3 Å². The van der Waals surface area contributed by atoms with Crippen molar-refractivity contribution >= 4 is 63.8 Å². The van der Waals surface area contributed by atoms with Gasteiger partial charge in [-0.05, 0) is 94.5 Å². The van der Waals surface area contributed by atoms with Crippen LogP contribution in [0.15, 0.2) is 170 Å². The average Bonchev–Trinajstić information content (AvgIpc) is 3.69. The fourth-order valence-electron chi connectivity index (χ4n) is 9.31. The molecule has 0 N–H and O–H groups in total. The van der Waals surface area contributed by atoms with Gasteiger partial charge in [-0.15, -0.1) is 11.3 Å². The van der Waals surface area contributed by atoms with Crippen LogP contribution in [-0.2, 0) is 5.41 Å². The van der Waals surface area contributed by atoms with E-state index in [0.717, 1.165) is 0 Å². The van der Waals surface area contributed by atoms with Crippen molar-refractivity contribution in [3.05, 3.63) is 181 Å². The summed E-state index contributed by atoms with van der Waals surface area (Å²) < 4.78 is 2.67. The number of rotatable bonds is 3. The van der Waals surface area contributed by atoms with Crippen molar-refractivity contribution in [2.75, 3.05) is 0 Å². The van der Waals surface area contributed by atoms with Crippen LogP contribution >= 0.6 is 11.3 Å². The lowest BCUT2D eigenvalue weighted by Gasteiger charge is -2.23. The predicted octanol–water partition coefficient (Wildman–Crippen LogP) is 14.8. The second-order valence-corrected chi connectivity index (χ2v) is 15.8. The average molecular weight is 679 g/mol. The Kier molecular flexibility index (Phi) is 6.27. The van der Waals surface area contributed by atoms with Crippen molar-refractivity contribution in [1.29, 1.82) is 0 Å². The maximum atomic E-state index is 2.48. The molecule has 1 aromatic heterocycles. The Bertz CT molecular complexity index is 3090. The van der Waals surface area contributed by atoms with E-state index in [1.165, 1.54) is 108 Å². The lowest BCUT2D eigenvalue weighted by atomic mass is 9.80. The van der Waals surface area contributed by atoms with Gasteiger partial charge in [0.2, 0.25) is 0 Å². The highest BCUT2D eigenvalue weighted by molar-refractivity contribution is 7.26. The third kappa shape index (κ3) is 4.09. The lowest BCUT2D eigenvalue weighted by molar-refractivity contribution is 0.660. The fraction of sp³-hybridized carbons (Fsp3) is 0.0588. The van der Waals surface area contributed by atoms with Crippen LogP contribution in [0.2, 0.25) is 0 Å². The number of hydrogen-bond donors (Lipinski definition) is 0. The monoisotopic (exact) mass is 678 g/mol. The van der Waals surface area contributed by atoms with E-state index in [0.29, 0.717) is 0 Å². The van der Waals surface area contributed by atoms with Crippen LogP contribution in [0.1, 0.15) is 25.0 Å². The molecule has 0 bridgehead atoms. The van der Waals surface area contributed by atoms with Gasteiger partial charge in [0.05, 0.1) is 0 Å². The molecule has 244 valence electrons. The van der Waals surface area contributed by atoms with Gasteiger partial charge in [-0.25, -0.2) is 0 Å². The summed E-state index contributed by atoms with van der Waals surface area (Å²) in [5, 5.41) is 10.3. The van der Waals surface area contributed by atoms with E-state index in [-0.39, 0.29) is 5.41 Å². The maximum absolute atomic E-state index is 2.48. The molecule has 1 aliphatic carbocycles. The first kappa shape index (κ1) is 29.7. The fourth-order valence-corrected chi connectivity index (χ4v) is 10.5. The van der Waals surface area contributed by atoms with Gasteiger partial charge in [0.1, 0.15) is 0 Å². The van der Waals surface area contributed by atoms with E-state index in [2.05, 4.69) is 184 Å². The van der Waals surface area contributed by atoms with Gasteiger partial charge in [0.25, 0.3) is 0 Å². The summed E-state index contributed by atoms with van der Waals surface area (Å²) in [5.41, 5.74) is 13.1. The second kappa shape index (κ2) is 11.0. The van der Waals surface area contributed by atoms with Gasteiger partial charge in [0, 0.05) is 31.2 Å². The molecule has 0 atom stereocenters. The SMILES string of the molecule is CC1(C)c2ccccc2-c2c(-c3c4ccccc4c(-c4cccc5c4sc4ccccc45)c4ccc(-c5cccc6ccccc56)cc34)cccc21. The zero-order chi connectivity index (χ0) is 34.6.